The Balaban J connectivity index is 1.35. The topological polar surface area (TPSA) is 85.9 Å². The molecule has 3 aromatic rings. The van der Waals surface area contributed by atoms with Gasteiger partial charge in [0.1, 0.15) is 17.5 Å². The van der Waals surface area contributed by atoms with Crippen molar-refractivity contribution in [3.8, 4) is 0 Å². The average molecular weight is 494 g/mol. The summed E-state index contributed by atoms with van der Waals surface area (Å²) in [7, 11) is 0. The third-order valence-corrected chi connectivity index (χ3v) is 6.14. The van der Waals surface area contributed by atoms with Crippen molar-refractivity contribution in [2.45, 2.75) is 37.4 Å². The second-order valence-corrected chi connectivity index (χ2v) is 8.83. The minimum absolute atomic E-state index is 0.0439. The minimum Gasteiger partial charge on any atom is -0.348 e. The number of anilines is 3. The molecule has 0 spiro atoms. The third-order valence-electron chi connectivity index (χ3n) is 6.14. The zero-order valence-corrected chi connectivity index (χ0v) is 18.6. The molecule has 0 amide bonds. The molecule has 5 heterocycles. The van der Waals surface area contributed by atoms with E-state index in [1.54, 1.807) is 18.5 Å². The van der Waals surface area contributed by atoms with Gasteiger partial charge in [-0.25, -0.2) is 23.7 Å². The first kappa shape index (κ1) is 23.4. The number of rotatable bonds is 6. The molecule has 0 atom stereocenters. The molecule has 2 fully saturated rings. The van der Waals surface area contributed by atoms with Gasteiger partial charge in [-0.2, -0.15) is 18.2 Å². The number of nitrogens with zero attached hydrogens (tertiary/aromatic N) is 6. The fourth-order valence-electron chi connectivity index (χ4n) is 4.31. The van der Waals surface area contributed by atoms with Crippen molar-refractivity contribution >= 4 is 17.6 Å². The Morgan fingerprint density at radius 1 is 1.03 bits per heavy atom. The van der Waals surface area contributed by atoms with Crippen molar-refractivity contribution < 1.29 is 22.0 Å². The van der Waals surface area contributed by atoms with Crippen molar-refractivity contribution in [3.63, 3.8) is 0 Å². The molecule has 2 aliphatic heterocycles. The van der Waals surface area contributed by atoms with Crippen LogP contribution in [-0.4, -0.2) is 61.9 Å². The molecule has 35 heavy (non-hydrogen) atoms. The number of piperidine rings is 1. The Morgan fingerprint density at radius 3 is 2.46 bits per heavy atom. The van der Waals surface area contributed by atoms with E-state index < -0.39 is 30.8 Å². The molecule has 2 N–H and O–H groups in total. The Hall–Kier alpha value is -3.35. The SMILES string of the molecule is FC1(F)CN(c2nc(Nc3cc(C(F)(F)F)ccn3)cc(C3CCN(Cc4ncc[nH]4)CC3)n2)C1. The van der Waals surface area contributed by atoms with Crippen LogP contribution in [0.5, 0.6) is 0 Å². The van der Waals surface area contributed by atoms with E-state index in [1.165, 1.54) is 4.90 Å². The van der Waals surface area contributed by atoms with Gasteiger partial charge in [0.2, 0.25) is 5.95 Å². The van der Waals surface area contributed by atoms with E-state index in [0.717, 1.165) is 50.1 Å². The van der Waals surface area contributed by atoms with Crippen LogP contribution in [0.1, 0.15) is 35.8 Å². The normalized spacial score (nSPS) is 18.9. The van der Waals surface area contributed by atoms with Crippen molar-refractivity contribution in [2.24, 2.45) is 0 Å². The lowest BCUT2D eigenvalue weighted by Gasteiger charge is -2.39. The molecule has 0 unspecified atom stereocenters. The average Bonchev–Trinajstić information content (AvgIpc) is 3.30. The second kappa shape index (κ2) is 9.02. The van der Waals surface area contributed by atoms with Gasteiger partial charge in [-0.05, 0) is 38.1 Å². The molecule has 2 aliphatic rings. The van der Waals surface area contributed by atoms with Gasteiger partial charge in [-0.1, -0.05) is 0 Å². The summed E-state index contributed by atoms with van der Waals surface area (Å²) in [6.45, 7) is 1.29. The van der Waals surface area contributed by atoms with Crippen molar-refractivity contribution in [2.75, 3.05) is 36.4 Å². The van der Waals surface area contributed by atoms with Gasteiger partial charge in [-0.15, -0.1) is 0 Å². The summed E-state index contributed by atoms with van der Waals surface area (Å²) >= 11 is 0. The molecule has 8 nitrogen and oxygen atoms in total. The van der Waals surface area contributed by atoms with Crippen molar-refractivity contribution in [3.05, 3.63) is 53.9 Å². The van der Waals surface area contributed by atoms with E-state index in [2.05, 4.69) is 35.1 Å². The lowest BCUT2D eigenvalue weighted by Crippen LogP contribution is -2.57. The van der Waals surface area contributed by atoms with Gasteiger partial charge in [0.05, 0.1) is 30.9 Å². The Morgan fingerprint density at radius 2 is 1.80 bits per heavy atom. The maximum atomic E-state index is 13.5. The summed E-state index contributed by atoms with van der Waals surface area (Å²) in [6.07, 6.45) is 1.59. The zero-order valence-electron chi connectivity index (χ0n) is 18.6. The van der Waals surface area contributed by atoms with Gasteiger partial charge in [0.15, 0.2) is 0 Å². The molecular formula is C22H23F5N8. The lowest BCUT2D eigenvalue weighted by molar-refractivity contribution is -0.137. The molecule has 0 saturated carbocycles. The highest BCUT2D eigenvalue weighted by Gasteiger charge is 2.45. The molecule has 5 rings (SSSR count). The van der Waals surface area contributed by atoms with Gasteiger partial charge < -0.3 is 15.2 Å². The summed E-state index contributed by atoms with van der Waals surface area (Å²) in [5, 5.41) is 2.80. The van der Waals surface area contributed by atoms with Crippen LogP contribution in [0.25, 0.3) is 0 Å². The van der Waals surface area contributed by atoms with Gasteiger partial charge in [0.25, 0.3) is 5.92 Å². The first-order valence-corrected chi connectivity index (χ1v) is 11.2. The molecule has 2 saturated heterocycles. The number of aromatic amines is 1. The highest BCUT2D eigenvalue weighted by atomic mass is 19.4. The second-order valence-electron chi connectivity index (χ2n) is 8.83. The highest BCUT2D eigenvalue weighted by molar-refractivity contribution is 5.56. The monoisotopic (exact) mass is 494 g/mol. The number of likely N-dealkylation sites (tertiary alicyclic amines) is 1. The van der Waals surface area contributed by atoms with Crippen LogP contribution in [0.4, 0.5) is 39.5 Å². The van der Waals surface area contributed by atoms with Crippen molar-refractivity contribution in [1.82, 2.24) is 29.8 Å². The van der Waals surface area contributed by atoms with Crippen LogP contribution in [0.2, 0.25) is 0 Å². The molecule has 13 heteroatoms. The van der Waals surface area contributed by atoms with Crippen LogP contribution in [0, 0.1) is 0 Å². The van der Waals surface area contributed by atoms with Crippen LogP contribution >= 0.6 is 0 Å². The molecule has 0 radical (unpaired) electrons. The van der Waals surface area contributed by atoms with E-state index in [9.17, 15) is 22.0 Å². The van der Waals surface area contributed by atoms with E-state index in [1.807, 2.05) is 0 Å². The standard InChI is InChI=1S/C22H23F5N8/c23-21(24)12-35(13-21)20-31-16(14-2-7-34(8-3-14)11-19-29-5-6-30-19)10-18(33-20)32-17-9-15(1-4-28-17)22(25,26)27/h1,4-6,9-10,14H,2-3,7-8,11-13H2,(H,29,30)(H,28,31,32,33). The molecule has 3 aromatic heterocycles. The van der Waals surface area contributed by atoms with E-state index in [-0.39, 0.29) is 23.5 Å². The summed E-state index contributed by atoms with van der Waals surface area (Å²) in [5.74, 6) is -1.58. The minimum atomic E-state index is -4.52. The van der Waals surface area contributed by atoms with E-state index in [0.29, 0.717) is 12.2 Å². The van der Waals surface area contributed by atoms with Crippen molar-refractivity contribution in [1.29, 1.82) is 0 Å². The Labute approximate surface area is 197 Å². The fourth-order valence-corrected chi connectivity index (χ4v) is 4.31. The first-order valence-electron chi connectivity index (χ1n) is 11.2. The number of imidazole rings is 1. The molecule has 0 aliphatic carbocycles. The summed E-state index contributed by atoms with van der Waals surface area (Å²) in [4.78, 5) is 23.7. The molecular weight excluding hydrogens is 471 g/mol. The lowest BCUT2D eigenvalue weighted by atomic mass is 9.93. The predicted octanol–water partition coefficient (Wildman–Crippen LogP) is 4.19. The van der Waals surface area contributed by atoms with Gasteiger partial charge in [0, 0.05) is 30.6 Å². The quantitative estimate of drug-likeness (QED) is 0.497. The van der Waals surface area contributed by atoms with E-state index in [4.69, 9.17) is 0 Å². The van der Waals surface area contributed by atoms with E-state index >= 15 is 0 Å². The van der Waals surface area contributed by atoms with Gasteiger partial charge in [-0.3, -0.25) is 4.90 Å². The van der Waals surface area contributed by atoms with Crippen LogP contribution in [-0.2, 0) is 12.7 Å². The largest absolute Gasteiger partial charge is 0.416 e. The molecule has 186 valence electrons. The Kier molecular flexibility index (Phi) is 6.03. The highest BCUT2D eigenvalue weighted by Crippen LogP contribution is 2.35. The number of alkyl halides is 5. The number of pyridine rings is 1. The number of hydrogen-bond donors (Lipinski definition) is 2. The molecule has 0 bridgehead atoms. The zero-order chi connectivity index (χ0) is 24.6. The number of aromatic nitrogens is 5. The summed E-state index contributed by atoms with van der Waals surface area (Å²) in [5.41, 5.74) is -0.187. The smallest absolute Gasteiger partial charge is 0.348 e. The predicted molar refractivity (Wildman–Crippen MR) is 118 cm³/mol. The Bertz CT molecular complexity index is 1150. The van der Waals surface area contributed by atoms with Crippen LogP contribution < -0.4 is 10.2 Å². The summed E-state index contributed by atoms with van der Waals surface area (Å²) in [6, 6.07) is 3.42. The van der Waals surface area contributed by atoms with Gasteiger partial charge >= 0.3 is 6.18 Å². The maximum absolute atomic E-state index is 13.5. The third kappa shape index (κ3) is 5.50. The fraction of sp³-hybridized carbons (Fsp3) is 0.455. The molecule has 0 aromatic carbocycles. The first-order chi connectivity index (χ1) is 16.6. The number of nitrogens with one attached hydrogen (secondary N) is 2. The van der Waals surface area contributed by atoms with Crippen LogP contribution in [0.3, 0.4) is 0 Å². The summed E-state index contributed by atoms with van der Waals surface area (Å²) < 4.78 is 66.3. The number of halogens is 5. The number of H-pyrrole nitrogens is 1. The van der Waals surface area contributed by atoms with Crippen LogP contribution in [0.15, 0.2) is 36.8 Å². The number of hydrogen-bond acceptors (Lipinski definition) is 7. The maximum Gasteiger partial charge on any atom is 0.416 e.